The van der Waals surface area contributed by atoms with Crippen LogP contribution in [0.5, 0.6) is 0 Å². The van der Waals surface area contributed by atoms with E-state index in [-0.39, 0.29) is 17.9 Å². The smallest absolute Gasteiger partial charge is 0.410 e. The lowest BCUT2D eigenvalue weighted by Gasteiger charge is -2.31. The minimum atomic E-state index is -0.648. The number of likely N-dealkylation sites (tertiary alicyclic amines) is 1. The molecular weight excluding hydrogens is 234 g/mol. The molecule has 1 saturated carbocycles. The second-order valence-electron chi connectivity index (χ2n) is 6.51. The minimum absolute atomic E-state index is 0.288. The van der Waals surface area contributed by atoms with Gasteiger partial charge in [-0.05, 0) is 45.4 Å². The van der Waals surface area contributed by atoms with E-state index in [1.54, 1.807) is 4.90 Å². The lowest BCUT2D eigenvalue weighted by Crippen LogP contribution is -2.38. The number of ether oxygens (including phenoxy) is 1. The van der Waals surface area contributed by atoms with E-state index in [1.807, 2.05) is 20.8 Å². The Bertz CT molecular complexity index is 307. The second kappa shape index (κ2) is 4.70. The van der Waals surface area contributed by atoms with Crippen molar-refractivity contribution in [3.63, 3.8) is 0 Å². The van der Waals surface area contributed by atoms with E-state index in [4.69, 9.17) is 4.74 Å². The summed E-state index contributed by atoms with van der Waals surface area (Å²) < 4.78 is 5.34. The van der Waals surface area contributed by atoms with Gasteiger partial charge in [-0.15, -0.1) is 0 Å². The molecule has 2 aliphatic rings. The molecule has 0 spiro atoms. The number of hydrogen-bond acceptors (Lipinski definition) is 4. The van der Waals surface area contributed by atoms with Gasteiger partial charge in [0.25, 0.3) is 0 Å². The van der Waals surface area contributed by atoms with Gasteiger partial charge in [0, 0.05) is 13.1 Å². The van der Waals surface area contributed by atoms with Crippen LogP contribution >= 0.6 is 0 Å². The molecule has 5 nitrogen and oxygen atoms in total. The average Bonchev–Trinajstić information content (AvgIpc) is 2.59. The number of aliphatic hydroxyl groups excluding tert-OH is 2. The number of hydrogen-bond donors (Lipinski definition) is 2. The van der Waals surface area contributed by atoms with Crippen LogP contribution in [0.3, 0.4) is 0 Å². The third kappa shape index (κ3) is 2.95. The molecule has 2 rings (SSSR count). The van der Waals surface area contributed by atoms with Crippen molar-refractivity contribution in [1.82, 2.24) is 4.90 Å². The summed E-state index contributed by atoms with van der Waals surface area (Å²) in [6, 6.07) is 0. The third-order valence-electron chi connectivity index (χ3n) is 3.76. The van der Waals surface area contributed by atoms with E-state index in [2.05, 4.69) is 0 Å². The van der Waals surface area contributed by atoms with Crippen LogP contribution in [0.25, 0.3) is 0 Å². The van der Waals surface area contributed by atoms with Gasteiger partial charge in [0.15, 0.2) is 0 Å². The Morgan fingerprint density at radius 3 is 1.94 bits per heavy atom. The van der Waals surface area contributed by atoms with Crippen LogP contribution < -0.4 is 0 Å². The zero-order chi connectivity index (χ0) is 13.5. The molecule has 0 unspecified atom stereocenters. The summed E-state index contributed by atoms with van der Waals surface area (Å²) in [6.45, 7) is 6.80. The van der Waals surface area contributed by atoms with Crippen molar-refractivity contribution < 1.29 is 19.7 Å². The van der Waals surface area contributed by atoms with E-state index in [1.165, 1.54) is 0 Å². The Morgan fingerprint density at radius 1 is 1.11 bits per heavy atom. The topological polar surface area (TPSA) is 70.0 Å². The maximum absolute atomic E-state index is 11.9. The second-order valence-corrected chi connectivity index (χ2v) is 6.51. The molecule has 1 heterocycles. The van der Waals surface area contributed by atoms with Gasteiger partial charge >= 0.3 is 6.09 Å². The number of aliphatic hydroxyl groups is 2. The molecule has 0 aromatic rings. The van der Waals surface area contributed by atoms with E-state index in [0.717, 1.165) is 0 Å². The fourth-order valence-corrected chi connectivity index (χ4v) is 2.88. The van der Waals surface area contributed by atoms with Gasteiger partial charge in [-0.1, -0.05) is 0 Å². The lowest BCUT2D eigenvalue weighted by molar-refractivity contribution is -0.0372. The van der Waals surface area contributed by atoms with Crippen molar-refractivity contribution >= 4 is 6.09 Å². The zero-order valence-electron chi connectivity index (χ0n) is 11.3. The summed E-state index contributed by atoms with van der Waals surface area (Å²) in [5.74, 6) is 0.576. The molecule has 1 aliphatic carbocycles. The summed E-state index contributed by atoms with van der Waals surface area (Å²) in [6.07, 6.45) is -0.438. The molecule has 5 heteroatoms. The maximum Gasteiger partial charge on any atom is 0.410 e. The van der Waals surface area contributed by atoms with Gasteiger partial charge in [0.2, 0.25) is 0 Å². The quantitative estimate of drug-likeness (QED) is 0.679. The fourth-order valence-electron chi connectivity index (χ4n) is 2.88. The Hall–Kier alpha value is -0.810. The van der Waals surface area contributed by atoms with E-state index in [0.29, 0.717) is 25.9 Å². The fraction of sp³-hybridized carbons (Fsp3) is 0.923. The van der Waals surface area contributed by atoms with Crippen molar-refractivity contribution in [3.05, 3.63) is 0 Å². The van der Waals surface area contributed by atoms with Crippen LogP contribution in [0.2, 0.25) is 0 Å². The van der Waals surface area contributed by atoms with Crippen LogP contribution in [0.1, 0.15) is 33.6 Å². The predicted octanol–water partition coefficient (Wildman–Crippen LogP) is 0.985. The highest BCUT2D eigenvalue weighted by atomic mass is 16.6. The molecule has 2 fully saturated rings. The summed E-state index contributed by atoms with van der Waals surface area (Å²) in [5, 5.41) is 19.3. The number of rotatable bonds is 0. The monoisotopic (exact) mass is 257 g/mol. The Balaban J connectivity index is 1.94. The van der Waals surface area contributed by atoms with Gasteiger partial charge in [-0.3, -0.25) is 0 Å². The van der Waals surface area contributed by atoms with Crippen molar-refractivity contribution in [2.75, 3.05) is 13.1 Å². The number of carbonyl (C=O) groups excluding carboxylic acids is 1. The van der Waals surface area contributed by atoms with Gasteiger partial charge in [0.1, 0.15) is 5.60 Å². The molecule has 0 bridgehead atoms. The van der Waals surface area contributed by atoms with Crippen LogP contribution in [-0.4, -0.2) is 52.1 Å². The number of nitrogens with zero attached hydrogens (tertiary/aromatic N) is 1. The van der Waals surface area contributed by atoms with Gasteiger partial charge in [-0.2, -0.15) is 0 Å². The number of carbonyl (C=O) groups is 1. The first-order valence-corrected chi connectivity index (χ1v) is 6.60. The minimum Gasteiger partial charge on any atom is -0.444 e. The predicted molar refractivity (Wildman–Crippen MR) is 66.0 cm³/mol. The first-order valence-electron chi connectivity index (χ1n) is 6.60. The Labute approximate surface area is 108 Å². The summed E-state index contributed by atoms with van der Waals surface area (Å²) in [7, 11) is 0. The standard InChI is InChI=1S/C13H23NO4/c1-13(2,3)18-12(17)14-6-8-4-10(15)11(16)5-9(8)7-14/h8-11,15-16H,4-7H2,1-3H3/t8-,9+,10-,11-/m1/s1. The molecule has 2 N–H and O–H groups in total. The molecule has 104 valence electrons. The highest BCUT2D eigenvalue weighted by Crippen LogP contribution is 2.36. The average molecular weight is 257 g/mol. The molecule has 0 aromatic carbocycles. The number of fused-ring (bicyclic) bond motifs is 1. The summed E-state index contributed by atoms with van der Waals surface area (Å²) in [4.78, 5) is 13.6. The van der Waals surface area contributed by atoms with Crippen LogP contribution in [0, 0.1) is 11.8 Å². The van der Waals surface area contributed by atoms with Crippen molar-refractivity contribution in [1.29, 1.82) is 0 Å². The molecule has 1 aliphatic heterocycles. The first kappa shape index (κ1) is 13.6. The molecule has 1 saturated heterocycles. The van der Waals surface area contributed by atoms with Crippen LogP contribution in [0.15, 0.2) is 0 Å². The normalized spacial score (nSPS) is 36.4. The Morgan fingerprint density at radius 2 is 1.56 bits per heavy atom. The largest absolute Gasteiger partial charge is 0.444 e. The number of amides is 1. The van der Waals surface area contributed by atoms with Crippen molar-refractivity contribution in [3.8, 4) is 0 Å². The molecular formula is C13H23NO4. The summed E-state index contributed by atoms with van der Waals surface area (Å²) >= 11 is 0. The zero-order valence-corrected chi connectivity index (χ0v) is 11.3. The van der Waals surface area contributed by atoms with Crippen LogP contribution in [-0.2, 0) is 4.74 Å². The van der Waals surface area contributed by atoms with Gasteiger partial charge in [-0.25, -0.2) is 4.79 Å². The third-order valence-corrected chi connectivity index (χ3v) is 3.76. The maximum atomic E-state index is 11.9. The van der Waals surface area contributed by atoms with E-state index < -0.39 is 17.8 Å². The summed E-state index contributed by atoms with van der Waals surface area (Å²) in [5.41, 5.74) is -0.482. The SMILES string of the molecule is CC(C)(C)OC(=O)N1C[C@H]2C[C@@H](O)[C@H](O)C[C@H]2C1. The van der Waals surface area contributed by atoms with Crippen molar-refractivity contribution in [2.45, 2.75) is 51.4 Å². The Kier molecular flexibility index (Phi) is 3.56. The van der Waals surface area contributed by atoms with Gasteiger partial charge < -0.3 is 19.8 Å². The van der Waals surface area contributed by atoms with E-state index in [9.17, 15) is 15.0 Å². The van der Waals surface area contributed by atoms with Gasteiger partial charge in [0.05, 0.1) is 12.2 Å². The van der Waals surface area contributed by atoms with Crippen molar-refractivity contribution in [2.24, 2.45) is 11.8 Å². The molecule has 1 amide bonds. The highest BCUT2D eigenvalue weighted by Gasteiger charge is 2.43. The van der Waals surface area contributed by atoms with Crippen LogP contribution in [0.4, 0.5) is 4.79 Å². The molecule has 0 radical (unpaired) electrons. The highest BCUT2D eigenvalue weighted by molar-refractivity contribution is 5.68. The molecule has 0 aromatic heterocycles. The lowest BCUT2D eigenvalue weighted by atomic mass is 9.79. The molecule has 18 heavy (non-hydrogen) atoms. The first-order chi connectivity index (χ1) is 8.26. The van der Waals surface area contributed by atoms with E-state index >= 15 is 0 Å². The molecule has 4 atom stereocenters.